The molecule has 0 amide bonds. The zero-order valence-corrected chi connectivity index (χ0v) is 30.8. The van der Waals surface area contributed by atoms with E-state index in [1.807, 2.05) is 23.5 Å². The summed E-state index contributed by atoms with van der Waals surface area (Å²) in [4.78, 5) is 16.3. The van der Waals surface area contributed by atoms with Gasteiger partial charge in [0, 0.05) is 111 Å². The summed E-state index contributed by atoms with van der Waals surface area (Å²) in [6.45, 7) is 18.0. The molecule has 276 valence electrons. The van der Waals surface area contributed by atoms with Crippen LogP contribution in [0.1, 0.15) is 11.1 Å². The van der Waals surface area contributed by atoms with E-state index in [0.29, 0.717) is 85.1 Å². The second-order valence-electron chi connectivity index (χ2n) is 12.4. The van der Waals surface area contributed by atoms with Crippen LogP contribution in [0.3, 0.4) is 0 Å². The quantitative estimate of drug-likeness (QED) is 0.399. The predicted octanol–water partition coefficient (Wildman–Crippen LogP) is 1.26. The largest absolute Gasteiger partial charge is 0.383 e. The van der Waals surface area contributed by atoms with Gasteiger partial charge >= 0.3 is 0 Å². The lowest BCUT2D eigenvalue weighted by atomic mass is 10.1. The number of nitrogens with two attached hydrogens (primary N) is 1. The molecular formula is C34H57N7O6S2. The summed E-state index contributed by atoms with van der Waals surface area (Å²) >= 11 is 3.69. The van der Waals surface area contributed by atoms with Gasteiger partial charge in [0.1, 0.15) is 5.84 Å². The number of rotatable bonds is 0. The Balaban J connectivity index is 1.35. The van der Waals surface area contributed by atoms with Crippen LogP contribution in [0.15, 0.2) is 26.9 Å². The molecule has 1 aromatic carbocycles. The predicted molar refractivity (Wildman–Crippen MR) is 196 cm³/mol. The van der Waals surface area contributed by atoms with E-state index in [9.17, 15) is 0 Å². The highest BCUT2D eigenvalue weighted by atomic mass is 32.2. The zero-order valence-electron chi connectivity index (χ0n) is 29.1. The van der Waals surface area contributed by atoms with Crippen molar-refractivity contribution in [2.45, 2.75) is 9.79 Å². The summed E-state index contributed by atoms with van der Waals surface area (Å²) in [7, 11) is 0. The lowest BCUT2D eigenvalue weighted by Crippen LogP contribution is -2.37. The highest BCUT2D eigenvalue weighted by Crippen LogP contribution is 2.35. The zero-order chi connectivity index (χ0) is 33.9. The summed E-state index contributed by atoms with van der Waals surface area (Å²) in [5.74, 6) is 2.51. The van der Waals surface area contributed by atoms with Crippen molar-refractivity contribution < 1.29 is 28.4 Å². The monoisotopic (exact) mass is 723 g/mol. The number of benzene rings is 1. The number of nitrogens with one attached hydrogen (secondary N) is 1. The molecule has 2 atom stereocenters. The van der Waals surface area contributed by atoms with E-state index in [-0.39, 0.29) is 5.84 Å². The molecule has 49 heavy (non-hydrogen) atoms. The highest BCUT2D eigenvalue weighted by molar-refractivity contribution is 8.02. The van der Waals surface area contributed by atoms with Gasteiger partial charge in [0.05, 0.1) is 79.3 Å². The fraction of sp³-hybridized carbons (Fsp3) is 0.765. The van der Waals surface area contributed by atoms with E-state index in [2.05, 4.69) is 36.7 Å². The van der Waals surface area contributed by atoms with Crippen molar-refractivity contribution in [1.82, 2.24) is 19.6 Å². The summed E-state index contributed by atoms with van der Waals surface area (Å²) in [5, 5.41) is 8.38. The fourth-order valence-electron chi connectivity index (χ4n) is 6.01. The van der Waals surface area contributed by atoms with Crippen molar-refractivity contribution in [2.75, 3.05) is 169 Å². The van der Waals surface area contributed by atoms with Crippen molar-refractivity contribution >= 4 is 35.2 Å². The minimum Gasteiger partial charge on any atom is -0.383 e. The van der Waals surface area contributed by atoms with Gasteiger partial charge < -0.3 is 34.2 Å². The topological polar surface area (TPSA) is 131 Å². The Morgan fingerprint density at radius 3 is 1.14 bits per heavy atom. The molecule has 0 saturated carbocycles. The van der Waals surface area contributed by atoms with Crippen molar-refractivity contribution in [3.05, 3.63) is 23.3 Å². The van der Waals surface area contributed by atoms with Gasteiger partial charge in [-0.25, -0.2) is 4.99 Å². The van der Waals surface area contributed by atoms with E-state index in [0.717, 1.165) is 101 Å². The summed E-state index contributed by atoms with van der Waals surface area (Å²) < 4.78 is 36.6. The Bertz CT molecular complexity index is 1130. The average Bonchev–Trinajstić information content (AvgIpc) is 3.37. The summed E-state index contributed by atoms with van der Waals surface area (Å²) in [5.41, 5.74) is 7.92. The van der Waals surface area contributed by atoms with Gasteiger partial charge in [-0.1, -0.05) is 0 Å². The first-order valence-electron chi connectivity index (χ1n) is 17.9. The standard InChI is InChI=1S/C34H57N7O6S2/c35-33-29-27-31-32(28-30(29)34(36)37-33)49-26-12-41-8-18-43-14-2-38-1-13-42-17-7-40(11-25-48-31)9-19-44-15-3-39(4-16-45-20-10-41)6-22-47-24-23-46-21-5-38/h27-28H,1-26H2,(H3,35,36,37). The molecule has 0 aromatic heterocycles. The number of hydrogen-bond donors (Lipinski definition) is 2. The van der Waals surface area contributed by atoms with Gasteiger partial charge in [0.2, 0.25) is 0 Å². The van der Waals surface area contributed by atoms with Gasteiger partial charge in [-0.3, -0.25) is 25.0 Å². The molecule has 15 heteroatoms. The normalized spacial score (nSPS) is 29.1. The molecule has 1 aromatic rings. The third-order valence-corrected chi connectivity index (χ3v) is 11.3. The number of ether oxygens (including phenoxy) is 6. The average molecular weight is 724 g/mol. The highest BCUT2D eigenvalue weighted by Gasteiger charge is 2.22. The van der Waals surface area contributed by atoms with Gasteiger partial charge in [-0.05, 0) is 12.1 Å². The molecule has 2 unspecified atom stereocenters. The molecule has 6 rings (SSSR count). The maximum atomic E-state index is 8.38. The number of thioether (sulfide) groups is 2. The smallest absolute Gasteiger partial charge is 0.154 e. The molecule has 5 heterocycles. The Hall–Kier alpha value is -1.34. The Morgan fingerprint density at radius 1 is 0.469 bits per heavy atom. The van der Waals surface area contributed by atoms with Crippen LogP contribution in [-0.2, 0) is 28.4 Å². The van der Waals surface area contributed by atoms with E-state index in [1.54, 1.807) is 0 Å². The summed E-state index contributed by atoms with van der Waals surface area (Å²) in [6.07, 6.45) is 0. The molecule has 2 saturated heterocycles. The third kappa shape index (κ3) is 14.0. The molecule has 0 radical (unpaired) electrons. The van der Waals surface area contributed by atoms with Crippen LogP contribution in [0.2, 0.25) is 0 Å². The Kier molecular flexibility index (Phi) is 17.9. The second-order valence-corrected chi connectivity index (χ2v) is 14.7. The molecule has 0 spiro atoms. The van der Waals surface area contributed by atoms with Gasteiger partial charge in [0.25, 0.3) is 0 Å². The lowest BCUT2D eigenvalue weighted by Gasteiger charge is -2.25. The molecule has 0 aliphatic carbocycles. The van der Waals surface area contributed by atoms with Crippen LogP contribution in [0, 0.1) is 5.41 Å². The van der Waals surface area contributed by atoms with Crippen LogP contribution < -0.4 is 5.73 Å². The first kappa shape index (κ1) is 38.9. The van der Waals surface area contributed by atoms with Crippen molar-refractivity contribution in [1.29, 1.82) is 5.41 Å². The molecule has 5 aliphatic heterocycles. The van der Waals surface area contributed by atoms with Crippen molar-refractivity contribution in [3.8, 4) is 0 Å². The summed E-state index contributed by atoms with van der Waals surface area (Å²) in [6, 6.07) is 4.25. The molecule has 3 N–H and O–H groups in total. The molecular weight excluding hydrogens is 667 g/mol. The van der Waals surface area contributed by atoms with Crippen LogP contribution in [-0.4, -0.2) is 201 Å². The van der Waals surface area contributed by atoms with E-state index < -0.39 is 0 Å². The second kappa shape index (κ2) is 22.6. The van der Waals surface area contributed by atoms with Gasteiger partial charge in [-0.2, -0.15) is 0 Å². The maximum Gasteiger partial charge on any atom is 0.154 e. The number of nitrogens with zero attached hydrogens (tertiary/aromatic N) is 5. The number of amidine groups is 2. The van der Waals surface area contributed by atoms with E-state index in [1.165, 1.54) is 9.79 Å². The van der Waals surface area contributed by atoms with Crippen LogP contribution in [0.25, 0.3) is 0 Å². The number of fused-ring (bicyclic) bond motifs is 28. The van der Waals surface area contributed by atoms with Crippen molar-refractivity contribution in [2.24, 2.45) is 10.7 Å². The van der Waals surface area contributed by atoms with Crippen molar-refractivity contribution in [3.63, 3.8) is 0 Å². The van der Waals surface area contributed by atoms with Gasteiger partial charge in [0.15, 0.2) is 5.84 Å². The minimum absolute atomic E-state index is 0.243. The number of aliphatic imine (C=N–C) groups is 1. The molecule has 13 nitrogen and oxygen atoms in total. The minimum atomic E-state index is 0.243. The lowest BCUT2D eigenvalue weighted by molar-refractivity contribution is 0.0183. The Labute approximate surface area is 301 Å². The first-order valence-corrected chi connectivity index (χ1v) is 19.9. The maximum absolute atomic E-state index is 8.38. The van der Waals surface area contributed by atoms with Gasteiger partial charge in [-0.15, -0.1) is 23.5 Å². The first-order chi connectivity index (χ1) is 24.2. The van der Waals surface area contributed by atoms with E-state index in [4.69, 9.17) is 39.6 Å². The Morgan fingerprint density at radius 2 is 0.776 bits per heavy atom. The fourth-order valence-corrected chi connectivity index (χ4v) is 8.31. The van der Waals surface area contributed by atoms with Crippen LogP contribution >= 0.6 is 23.5 Å². The van der Waals surface area contributed by atoms with E-state index >= 15 is 0 Å². The van der Waals surface area contributed by atoms with Crippen LogP contribution in [0.4, 0.5) is 0 Å². The molecule has 2 fully saturated rings. The third-order valence-electron chi connectivity index (χ3n) is 9.07. The SMILES string of the molecule is N=C1N=C(N)c2cc3c(cc21)SCCN1CCOCCN2CCOCCOCCN(CCOCC1)CCOCCN(CCOCC2)CCS3. The molecule has 4 bridgehead atoms. The van der Waals surface area contributed by atoms with Crippen LogP contribution in [0.5, 0.6) is 0 Å². The number of hydrogen-bond acceptors (Lipinski definition) is 14. The molecule has 5 aliphatic rings.